The number of ether oxygens (including phenoxy) is 3. The van der Waals surface area contributed by atoms with E-state index in [-0.39, 0.29) is 36.4 Å². The van der Waals surface area contributed by atoms with Crippen LogP contribution in [0.5, 0.6) is 0 Å². The number of alkyl carbamates (subject to hydrolysis) is 1. The van der Waals surface area contributed by atoms with E-state index in [1.165, 1.54) is 17.6 Å². The second-order valence-corrected chi connectivity index (χ2v) is 10.4. The Morgan fingerprint density at radius 2 is 2.06 bits per heavy atom. The van der Waals surface area contributed by atoms with Crippen LogP contribution in [0.25, 0.3) is 5.57 Å². The highest BCUT2D eigenvalue weighted by Gasteiger charge is 2.45. The molecule has 9 heteroatoms. The zero-order valence-corrected chi connectivity index (χ0v) is 20.1. The molecule has 1 amide bonds. The van der Waals surface area contributed by atoms with E-state index in [1.807, 2.05) is 12.3 Å². The van der Waals surface area contributed by atoms with Crippen molar-refractivity contribution in [3.05, 3.63) is 22.3 Å². The van der Waals surface area contributed by atoms with Gasteiger partial charge >= 0.3 is 12.1 Å². The van der Waals surface area contributed by atoms with Crippen LogP contribution in [0.3, 0.4) is 0 Å². The maximum atomic E-state index is 13.2. The normalized spacial score (nSPS) is 25.3. The van der Waals surface area contributed by atoms with Crippen molar-refractivity contribution in [2.75, 3.05) is 6.54 Å². The third-order valence-electron chi connectivity index (χ3n) is 5.57. The minimum atomic E-state index is -0.667. The van der Waals surface area contributed by atoms with Crippen LogP contribution in [-0.2, 0) is 23.8 Å². The summed E-state index contributed by atoms with van der Waals surface area (Å²) in [4.78, 5) is 41.8. The average molecular weight is 465 g/mol. The molecule has 176 valence electrons. The van der Waals surface area contributed by atoms with E-state index >= 15 is 0 Å². The van der Waals surface area contributed by atoms with Gasteiger partial charge in [-0.2, -0.15) is 0 Å². The largest absolute Gasteiger partial charge is 0.496 e. The standard InChI is InChI=1S/C23H32N2O6S/c1-6-7-14-8-15-19(29-11-16(21(15)27)17-12-32-13(2)25-17)9-18(14)30-20(26)10-24-22(28)31-23(3,4)5/h11-12,14-15,18-19H,6-10H2,1-5H3,(H,24,28). The Bertz CT molecular complexity index is 887. The van der Waals surface area contributed by atoms with Gasteiger partial charge in [0.25, 0.3) is 0 Å². The Kier molecular flexibility index (Phi) is 7.59. The van der Waals surface area contributed by atoms with E-state index in [9.17, 15) is 14.4 Å². The van der Waals surface area contributed by atoms with E-state index in [2.05, 4.69) is 17.2 Å². The summed E-state index contributed by atoms with van der Waals surface area (Å²) >= 11 is 1.50. The van der Waals surface area contributed by atoms with Crippen molar-refractivity contribution in [2.24, 2.45) is 11.8 Å². The molecule has 0 aromatic carbocycles. The molecule has 0 radical (unpaired) electrons. The fourth-order valence-electron chi connectivity index (χ4n) is 4.22. The van der Waals surface area contributed by atoms with Gasteiger partial charge in [-0.05, 0) is 46.5 Å². The van der Waals surface area contributed by atoms with Gasteiger partial charge in [0.15, 0.2) is 5.78 Å². The summed E-state index contributed by atoms with van der Waals surface area (Å²) in [6.07, 6.45) is 2.91. The van der Waals surface area contributed by atoms with Crippen LogP contribution >= 0.6 is 11.3 Å². The minimum absolute atomic E-state index is 0.0454. The molecule has 1 N–H and O–H groups in total. The molecule has 0 saturated heterocycles. The molecule has 32 heavy (non-hydrogen) atoms. The van der Waals surface area contributed by atoms with Crippen LogP contribution in [0.2, 0.25) is 0 Å². The molecule has 2 aliphatic rings. The first kappa shape index (κ1) is 24.2. The lowest BCUT2D eigenvalue weighted by molar-refractivity contribution is -0.159. The first-order valence-corrected chi connectivity index (χ1v) is 11.9. The first-order chi connectivity index (χ1) is 15.1. The van der Waals surface area contributed by atoms with Crippen LogP contribution in [-0.4, -0.2) is 47.2 Å². The Morgan fingerprint density at radius 3 is 2.69 bits per heavy atom. The maximum absolute atomic E-state index is 13.2. The number of aromatic nitrogens is 1. The minimum Gasteiger partial charge on any atom is -0.496 e. The number of nitrogens with one attached hydrogen (secondary N) is 1. The number of thiazole rings is 1. The summed E-state index contributed by atoms with van der Waals surface area (Å²) < 4.78 is 16.8. The molecule has 1 fully saturated rings. The lowest BCUT2D eigenvalue weighted by atomic mass is 9.72. The molecular weight excluding hydrogens is 432 g/mol. The fraction of sp³-hybridized carbons (Fsp3) is 0.652. The number of carbonyl (C=O) groups is 3. The van der Waals surface area contributed by atoms with Crippen molar-refractivity contribution in [1.29, 1.82) is 0 Å². The number of Topliss-reactive ketones (excluding diaryl/α,β-unsaturated/α-hetero) is 1. The summed E-state index contributed by atoms with van der Waals surface area (Å²) in [5.74, 6) is -0.708. The Morgan fingerprint density at radius 1 is 1.31 bits per heavy atom. The summed E-state index contributed by atoms with van der Waals surface area (Å²) in [6, 6.07) is 0. The number of rotatable bonds is 6. The number of allylic oxidation sites excluding steroid dienone is 1. The molecule has 0 bridgehead atoms. The average Bonchev–Trinajstić information content (AvgIpc) is 3.12. The highest BCUT2D eigenvalue weighted by molar-refractivity contribution is 7.09. The van der Waals surface area contributed by atoms with Crippen molar-refractivity contribution in [3.8, 4) is 0 Å². The highest BCUT2D eigenvalue weighted by atomic mass is 32.1. The fourth-order valence-corrected chi connectivity index (χ4v) is 4.83. The van der Waals surface area contributed by atoms with Gasteiger partial charge in [0, 0.05) is 11.8 Å². The first-order valence-electron chi connectivity index (χ1n) is 11.1. The lowest BCUT2D eigenvalue weighted by Gasteiger charge is -2.41. The van der Waals surface area contributed by atoms with Gasteiger partial charge in [0.2, 0.25) is 0 Å². The zero-order valence-electron chi connectivity index (χ0n) is 19.3. The number of fused-ring (bicyclic) bond motifs is 1. The molecule has 1 aromatic heterocycles. The quantitative estimate of drug-likeness (QED) is 0.634. The molecule has 1 aliphatic heterocycles. The second kappa shape index (κ2) is 10.0. The van der Waals surface area contributed by atoms with E-state index < -0.39 is 17.7 Å². The molecule has 0 spiro atoms. The SMILES string of the molecule is CCCC1CC2C(=O)C(c3csc(C)n3)=COC2CC1OC(=O)CNC(=O)OC(C)(C)C. The van der Waals surface area contributed by atoms with Crippen molar-refractivity contribution in [1.82, 2.24) is 10.3 Å². The number of amides is 1. The number of hydrogen-bond acceptors (Lipinski definition) is 8. The monoisotopic (exact) mass is 464 g/mol. The van der Waals surface area contributed by atoms with Gasteiger partial charge in [-0.1, -0.05) is 13.3 Å². The molecule has 1 saturated carbocycles. The Hall–Kier alpha value is -2.42. The molecule has 8 nitrogen and oxygen atoms in total. The molecule has 4 atom stereocenters. The molecule has 1 aromatic rings. The van der Waals surface area contributed by atoms with Crippen molar-refractivity contribution in [3.63, 3.8) is 0 Å². The molecule has 2 heterocycles. The van der Waals surface area contributed by atoms with Crippen LogP contribution in [0.1, 0.15) is 64.1 Å². The summed E-state index contributed by atoms with van der Waals surface area (Å²) in [5.41, 5.74) is 0.528. The van der Waals surface area contributed by atoms with Crippen LogP contribution in [0, 0.1) is 18.8 Å². The van der Waals surface area contributed by atoms with Crippen LogP contribution < -0.4 is 5.32 Å². The van der Waals surface area contributed by atoms with E-state index in [0.717, 1.165) is 17.8 Å². The van der Waals surface area contributed by atoms with E-state index in [0.29, 0.717) is 24.1 Å². The predicted octanol–water partition coefficient (Wildman–Crippen LogP) is 4.02. The third kappa shape index (κ3) is 6.09. The zero-order chi connectivity index (χ0) is 23.5. The summed E-state index contributed by atoms with van der Waals surface area (Å²) in [6.45, 7) is 8.95. The van der Waals surface area contributed by atoms with Gasteiger partial charge < -0.3 is 19.5 Å². The van der Waals surface area contributed by atoms with E-state index in [4.69, 9.17) is 14.2 Å². The second-order valence-electron chi connectivity index (χ2n) is 9.33. The Labute approximate surface area is 192 Å². The van der Waals surface area contributed by atoms with Gasteiger partial charge in [-0.3, -0.25) is 9.59 Å². The number of nitrogens with zero attached hydrogens (tertiary/aromatic N) is 1. The summed E-state index contributed by atoms with van der Waals surface area (Å²) in [7, 11) is 0. The van der Waals surface area contributed by atoms with Crippen LogP contribution in [0.15, 0.2) is 11.6 Å². The van der Waals surface area contributed by atoms with Gasteiger partial charge in [0.05, 0.1) is 28.5 Å². The third-order valence-corrected chi connectivity index (χ3v) is 6.35. The highest BCUT2D eigenvalue weighted by Crippen LogP contribution is 2.41. The molecule has 4 unspecified atom stereocenters. The topological polar surface area (TPSA) is 104 Å². The number of ketones is 1. The number of hydrogen-bond donors (Lipinski definition) is 1. The van der Waals surface area contributed by atoms with Crippen molar-refractivity contribution in [2.45, 2.75) is 78.1 Å². The van der Waals surface area contributed by atoms with Gasteiger partial charge in [0.1, 0.15) is 24.4 Å². The maximum Gasteiger partial charge on any atom is 0.408 e. The van der Waals surface area contributed by atoms with Gasteiger partial charge in [-0.15, -0.1) is 11.3 Å². The number of aryl methyl sites for hydroxylation is 1. The molecule has 3 rings (SSSR count). The predicted molar refractivity (Wildman–Crippen MR) is 120 cm³/mol. The molecular formula is C23H32N2O6S. The smallest absolute Gasteiger partial charge is 0.408 e. The van der Waals surface area contributed by atoms with Gasteiger partial charge in [-0.25, -0.2) is 9.78 Å². The summed E-state index contributed by atoms with van der Waals surface area (Å²) in [5, 5.41) is 5.20. The lowest BCUT2D eigenvalue weighted by Crippen LogP contribution is -2.47. The van der Waals surface area contributed by atoms with Crippen LogP contribution in [0.4, 0.5) is 4.79 Å². The Balaban J connectivity index is 1.63. The van der Waals surface area contributed by atoms with Crippen molar-refractivity contribution >= 4 is 34.8 Å². The van der Waals surface area contributed by atoms with Crippen molar-refractivity contribution < 1.29 is 28.6 Å². The number of carbonyl (C=O) groups excluding carboxylic acids is 3. The number of esters is 1. The molecule has 1 aliphatic carbocycles. The van der Waals surface area contributed by atoms with E-state index in [1.54, 1.807) is 20.8 Å².